The molecule has 0 aromatic rings. The first-order valence-electron chi connectivity index (χ1n) is 4.30. The molecule has 0 atom stereocenters. The van der Waals surface area contributed by atoms with E-state index in [1.807, 2.05) is 0 Å². The van der Waals surface area contributed by atoms with E-state index in [4.69, 9.17) is 11.2 Å². The fraction of sp³-hybridized carbons (Fsp3) is 0.700. The highest BCUT2D eigenvalue weighted by Crippen LogP contribution is 2.17. The number of nitrogens with one attached hydrogen (secondary N) is 1. The van der Waals surface area contributed by atoms with Gasteiger partial charge >= 0.3 is 6.09 Å². The number of carbonyl (C=O) groups excluding carboxylic acids is 1. The minimum Gasteiger partial charge on any atom is -0.450 e. The van der Waals surface area contributed by atoms with Gasteiger partial charge in [0.1, 0.15) is 0 Å². The molecule has 13 heavy (non-hydrogen) atoms. The van der Waals surface area contributed by atoms with Crippen LogP contribution >= 0.6 is 0 Å². The van der Waals surface area contributed by atoms with Crippen molar-refractivity contribution in [3.63, 3.8) is 0 Å². The largest absolute Gasteiger partial charge is 0.450 e. The van der Waals surface area contributed by atoms with Crippen molar-refractivity contribution in [3.05, 3.63) is 0 Å². The normalized spacial score (nSPS) is 10.3. The number of amides is 1. The van der Waals surface area contributed by atoms with Gasteiger partial charge in [-0.15, -0.1) is 6.42 Å². The minimum atomic E-state index is -0.442. The molecule has 0 aliphatic heterocycles. The molecule has 0 unspecified atom stereocenters. The van der Waals surface area contributed by atoms with Crippen LogP contribution in [0.2, 0.25) is 0 Å². The van der Waals surface area contributed by atoms with Gasteiger partial charge in [-0.05, 0) is 11.8 Å². The zero-order valence-electron chi connectivity index (χ0n) is 8.52. The van der Waals surface area contributed by atoms with Gasteiger partial charge in [0.2, 0.25) is 0 Å². The van der Waals surface area contributed by atoms with Crippen molar-refractivity contribution in [2.24, 2.45) is 5.41 Å². The van der Waals surface area contributed by atoms with Crippen molar-refractivity contribution in [1.29, 1.82) is 0 Å². The molecule has 0 rings (SSSR count). The summed E-state index contributed by atoms with van der Waals surface area (Å²) in [6.07, 6.45) is 5.36. The summed E-state index contributed by atoms with van der Waals surface area (Å²) in [5.41, 5.74) is 0.187. The van der Waals surface area contributed by atoms with Gasteiger partial charge in [-0.25, -0.2) is 4.79 Å². The Bertz CT molecular complexity index is 198. The second-order valence-electron chi connectivity index (χ2n) is 4.00. The molecule has 3 heteroatoms. The van der Waals surface area contributed by atoms with E-state index in [0.29, 0.717) is 6.61 Å². The predicted octanol–water partition coefficient (Wildman–Crippen LogP) is 1.78. The van der Waals surface area contributed by atoms with Crippen LogP contribution in [0.5, 0.6) is 0 Å². The summed E-state index contributed by atoms with van der Waals surface area (Å²) in [7, 11) is 0. The number of hydrogen-bond acceptors (Lipinski definition) is 2. The molecule has 0 aromatic heterocycles. The lowest BCUT2D eigenvalue weighted by molar-refractivity contribution is 0.132. The molecular weight excluding hydrogens is 166 g/mol. The fourth-order valence-electron chi connectivity index (χ4n) is 0.624. The fourth-order valence-corrected chi connectivity index (χ4v) is 0.624. The SMILES string of the molecule is C#CCNC(=O)OCCC(C)(C)C. The van der Waals surface area contributed by atoms with Gasteiger partial charge in [0, 0.05) is 0 Å². The molecule has 0 aromatic carbocycles. The third-order valence-electron chi connectivity index (χ3n) is 1.42. The summed E-state index contributed by atoms with van der Waals surface area (Å²) < 4.78 is 4.87. The third kappa shape index (κ3) is 8.74. The molecular formula is C10H17NO2. The summed E-state index contributed by atoms with van der Waals surface area (Å²) in [5, 5.41) is 2.42. The Kier molecular flexibility index (Phi) is 4.98. The zero-order chi connectivity index (χ0) is 10.3. The predicted molar refractivity (Wildman–Crippen MR) is 52.3 cm³/mol. The Morgan fingerprint density at radius 3 is 2.62 bits per heavy atom. The molecule has 0 radical (unpaired) electrons. The molecule has 1 amide bonds. The lowest BCUT2D eigenvalue weighted by atomic mass is 9.93. The molecule has 0 aliphatic carbocycles. The number of rotatable bonds is 3. The maximum absolute atomic E-state index is 10.9. The lowest BCUT2D eigenvalue weighted by Gasteiger charge is -2.17. The van der Waals surface area contributed by atoms with Gasteiger partial charge < -0.3 is 10.1 Å². The summed E-state index contributed by atoms with van der Waals surface area (Å²) >= 11 is 0. The van der Waals surface area contributed by atoms with E-state index < -0.39 is 6.09 Å². The molecule has 74 valence electrons. The average molecular weight is 183 g/mol. The van der Waals surface area contributed by atoms with Gasteiger partial charge in [-0.3, -0.25) is 0 Å². The number of carbonyl (C=O) groups is 1. The van der Waals surface area contributed by atoms with Crippen molar-refractivity contribution in [2.75, 3.05) is 13.2 Å². The number of ether oxygens (including phenoxy) is 1. The van der Waals surface area contributed by atoms with E-state index in [2.05, 4.69) is 32.0 Å². The van der Waals surface area contributed by atoms with Crippen molar-refractivity contribution in [1.82, 2.24) is 5.32 Å². The third-order valence-corrected chi connectivity index (χ3v) is 1.42. The average Bonchev–Trinajstić information content (AvgIpc) is 1.98. The maximum Gasteiger partial charge on any atom is 0.407 e. The van der Waals surface area contributed by atoms with Crippen LogP contribution in [0.4, 0.5) is 4.79 Å². The van der Waals surface area contributed by atoms with Crippen LogP contribution in [0, 0.1) is 17.8 Å². The molecule has 0 spiro atoms. The summed E-state index contributed by atoms with van der Waals surface area (Å²) in [5.74, 6) is 2.29. The summed E-state index contributed by atoms with van der Waals surface area (Å²) in [6.45, 7) is 6.93. The second kappa shape index (κ2) is 5.47. The first-order chi connectivity index (χ1) is 5.95. The minimum absolute atomic E-state index is 0.187. The highest BCUT2D eigenvalue weighted by Gasteiger charge is 2.10. The molecule has 3 nitrogen and oxygen atoms in total. The van der Waals surface area contributed by atoms with Gasteiger partial charge in [-0.1, -0.05) is 26.7 Å². The van der Waals surface area contributed by atoms with Crippen LogP contribution in [0.1, 0.15) is 27.2 Å². The van der Waals surface area contributed by atoms with E-state index in [1.54, 1.807) is 0 Å². The number of alkyl carbamates (subject to hydrolysis) is 1. The highest BCUT2D eigenvalue weighted by atomic mass is 16.5. The van der Waals surface area contributed by atoms with Crippen LogP contribution in [-0.4, -0.2) is 19.2 Å². The van der Waals surface area contributed by atoms with Crippen LogP contribution in [0.25, 0.3) is 0 Å². The van der Waals surface area contributed by atoms with Crippen LogP contribution in [0.15, 0.2) is 0 Å². The van der Waals surface area contributed by atoms with Gasteiger partial charge in [0.25, 0.3) is 0 Å². The van der Waals surface area contributed by atoms with Crippen LogP contribution in [-0.2, 0) is 4.74 Å². The molecule has 0 saturated carbocycles. The maximum atomic E-state index is 10.9. The summed E-state index contributed by atoms with van der Waals surface area (Å²) in [4.78, 5) is 10.9. The smallest absolute Gasteiger partial charge is 0.407 e. The van der Waals surface area contributed by atoms with E-state index in [9.17, 15) is 4.79 Å². The Morgan fingerprint density at radius 1 is 1.54 bits per heavy atom. The molecule has 1 N–H and O–H groups in total. The van der Waals surface area contributed by atoms with Crippen molar-refractivity contribution < 1.29 is 9.53 Å². The van der Waals surface area contributed by atoms with E-state index in [1.165, 1.54) is 0 Å². The van der Waals surface area contributed by atoms with E-state index in [-0.39, 0.29) is 12.0 Å². The Balaban J connectivity index is 3.44. The molecule has 0 aliphatic rings. The number of hydrogen-bond donors (Lipinski definition) is 1. The Hall–Kier alpha value is -1.17. The van der Waals surface area contributed by atoms with Crippen LogP contribution < -0.4 is 5.32 Å². The van der Waals surface area contributed by atoms with Crippen molar-refractivity contribution in [2.45, 2.75) is 27.2 Å². The van der Waals surface area contributed by atoms with Crippen molar-refractivity contribution in [3.8, 4) is 12.3 Å². The Labute approximate surface area is 79.8 Å². The molecule has 0 saturated heterocycles. The quantitative estimate of drug-likeness (QED) is 0.677. The van der Waals surface area contributed by atoms with E-state index >= 15 is 0 Å². The molecule has 0 bridgehead atoms. The van der Waals surface area contributed by atoms with Gasteiger partial charge in [0.15, 0.2) is 0 Å². The van der Waals surface area contributed by atoms with E-state index in [0.717, 1.165) is 6.42 Å². The topological polar surface area (TPSA) is 38.3 Å². The molecule has 0 fully saturated rings. The van der Waals surface area contributed by atoms with Crippen molar-refractivity contribution >= 4 is 6.09 Å². The van der Waals surface area contributed by atoms with Gasteiger partial charge in [0.05, 0.1) is 13.2 Å². The molecule has 0 heterocycles. The zero-order valence-corrected chi connectivity index (χ0v) is 8.52. The van der Waals surface area contributed by atoms with Crippen LogP contribution in [0.3, 0.4) is 0 Å². The number of terminal acetylenes is 1. The Morgan fingerprint density at radius 2 is 2.15 bits per heavy atom. The first-order valence-corrected chi connectivity index (χ1v) is 4.30. The lowest BCUT2D eigenvalue weighted by Crippen LogP contribution is -2.25. The summed E-state index contributed by atoms with van der Waals surface area (Å²) in [6, 6.07) is 0. The highest BCUT2D eigenvalue weighted by molar-refractivity contribution is 5.67. The standard InChI is InChI=1S/C10H17NO2/c1-5-7-11-9(12)13-8-6-10(2,3)4/h1H,6-8H2,2-4H3,(H,11,12). The monoisotopic (exact) mass is 183 g/mol. The first kappa shape index (κ1) is 11.8. The van der Waals surface area contributed by atoms with Gasteiger partial charge in [-0.2, -0.15) is 0 Å². The second-order valence-corrected chi connectivity index (χ2v) is 4.00.